The third kappa shape index (κ3) is 6.58. The van der Waals surface area contributed by atoms with Gasteiger partial charge < -0.3 is 14.8 Å². The highest BCUT2D eigenvalue weighted by Gasteiger charge is 2.21. The molecular formula is C25H26N2O6S. The van der Waals surface area contributed by atoms with Crippen LogP contribution in [0.4, 0.5) is 11.4 Å². The van der Waals surface area contributed by atoms with Crippen LogP contribution in [-0.4, -0.2) is 39.7 Å². The predicted molar refractivity (Wildman–Crippen MR) is 131 cm³/mol. The van der Waals surface area contributed by atoms with Crippen molar-refractivity contribution in [2.75, 3.05) is 29.0 Å². The molecule has 1 amide bonds. The molecule has 3 aromatic rings. The number of anilines is 2. The van der Waals surface area contributed by atoms with Crippen LogP contribution in [0.5, 0.6) is 11.5 Å². The highest BCUT2D eigenvalue weighted by Crippen LogP contribution is 2.26. The van der Waals surface area contributed by atoms with Crippen molar-refractivity contribution in [1.29, 1.82) is 0 Å². The van der Waals surface area contributed by atoms with E-state index in [1.165, 1.54) is 0 Å². The zero-order valence-corrected chi connectivity index (χ0v) is 20.0. The molecule has 0 radical (unpaired) electrons. The van der Waals surface area contributed by atoms with E-state index in [0.29, 0.717) is 34.0 Å². The Kier molecular flexibility index (Phi) is 7.91. The minimum Gasteiger partial charge on any atom is -0.462 e. The second-order valence-electron chi connectivity index (χ2n) is 7.48. The molecule has 0 saturated carbocycles. The van der Waals surface area contributed by atoms with Crippen molar-refractivity contribution in [3.8, 4) is 11.5 Å². The lowest BCUT2D eigenvalue weighted by molar-refractivity contribution is -0.114. The third-order valence-corrected chi connectivity index (χ3v) is 5.94. The lowest BCUT2D eigenvalue weighted by Gasteiger charge is -2.22. The van der Waals surface area contributed by atoms with Gasteiger partial charge in [-0.1, -0.05) is 18.2 Å². The minimum atomic E-state index is -3.74. The largest absolute Gasteiger partial charge is 0.462 e. The second kappa shape index (κ2) is 10.8. The molecule has 0 unspecified atom stereocenters. The molecule has 0 aromatic heterocycles. The van der Waals surface area contributed by atoms with Gasteiger partial charge in [0.15, 0.2) is 0 Å². The maximum absolute atomic E-state index is 12.7. The molecule has 3 aromatic carbocycles. The van der Waals surface area contributed by atoms with Gasteiger partial charge in [0.1, 0.15) is 18.0 Å². The number of nitrogens with zero attached hydrogens (tertiary/aromatic N) is 1. The first-order valence-corrected chi connectivity index (χ1v) is 12.4. The van der Waals surface area contributed by atoms with Crippen LogP contribution >= 0.6 is 0 Å². The summed E-state index contributed by atoms with van der Waals surface area (Å²) in [7, 11) is -3.74. The van der Waals surface area contributed by atoms with Gasteiger partial charge >= 0.3 is 5.97 Å². The molecule has 0 aliphatic heterocycles. The van der Waals surface area contributed by atoms with Crippen molar-refractivity contribution in [2.24, 2.45) is 0 Å². The van der Waals surface area contributed by atoms with E-state index in [4.69, 9.17) is 9.47 Å². The molecule has 0 atom stereocenters. The Balaban J connectivity index is 1.72. The van der Waals surface area contributed by atoms with Crippen LogP contribution in [0.1, 0.15) is 22.8 Å². The monoisotopic (exact) mass is 482 g/mol. The molecule has 0 aliphatic carbocycles. The number of sulfonamides is 1. The molecule has 34 heavy (non-hydrogen) atoms. The molecule has 0 spiro atoms. The fourth-order valence-corrected chi connectivity index (χ4v) is 4.03. The van der Waals surface area contributed by atoms with E-state index in [1.807, 2.05) is 30.3 Å². The maximum Gasteiger partial charge on any atom is 0.338 e. The lowest BCUT2D eigenvalue weighted by Crippen LogP contribution is -2.37. The predicted octanol–water partition coefficient (Wildman–Crippen LogP) is 4.37. The van der Waals surface area contributed by atoms with Gasteiger partial charge in [-0.3, -0.25) is 9.10 Å². The number of nitrogens with one attached hydrogen (secondary N) is 1. The number of aryl methyl sites for hydroxylation is 1. The molecule has 9 heteroatoms. The van der Waals surface area contributed by atoms with Gasteiger partial charge in [-0.15, -0.1) is 0 Å². The van der Waals surface area contributed by atoms with Crippen molar-refractivity contribution in [1.82, 2.24) is 0 Å². The fourth-order valence-electron chi connectivity index (χ4n) is 3.17. The van der Waals surface area contributed by atoms with Crippen LogP contribution in [0.15, 0.2) is 72.8 Å². The fraction of sp³-hybridized carbons (Fsp3) is 0.200. The molecule has 0 fully saturated rings. The molecule has 1 N–H and O–H groups in total. The summed E-state index contributed by atoms with van der Waals surface area (Å²) >= 11 is 0. The average molecular weight is 483 g/mol. The van der Waals surface area contributed by atoms with Crippen LogP contribution in [0.25, 0.3) is 0 Å². The summed E-state index contributed by atoms with van der Waals surface area (Å²) in [5, 5.41) is 2.70. The zero-order chi connectivity index (χ0) is 24.7. The van der Waals surface area contributed by atoms with E-state index in [9.17, 15) is 18.0 Å². The van der Waals surface area contributed by atoms with Crippen molar-refractivity contribution < 1.29 is 27.5 Å². The zero-order valence-electron chi connectivity index (χ0n) is 19.1. The summed E-state index contributed by atoms with van der Waals surface area (Å²) in [5.74, 6) is 0.206. The number of carbonyl (C=O) groups is 2. The number of benzene rings is 3. The van der Waals surface area contributed by atoms with Crippen LogP contribution in [0.2, 0.25) is 0 Å². The van der Waals surface area contributed by atoms with Crippen molar-refractivity contribution in [3.05, 3.63) is 83.9 Å². The highest BCUT2D eigenvalue weighted by molar-refractivity contribution is 7.92. The first kappa shape index (κ1) is 24.8. The third-order valence-electron chi connectivity index (χ3n) is 4.80. The first-order chi connectivity index (χ1) is 16.2. The van der Waals surface area contributed by atoms with Gasteiger partial charge in [0.2, 0.25) is 15.9 Å². The van der Waals surface area contributed by atoms with Gasteiger partial charge in [-0.05, 0) is 74.0 Å². The van der Waals surface area contributed by atoms with E-state index in [2.05, 4.69) is 5.32 Å². The number of esters is 1. The Morgan fingerprint density at radius 2 is 1.59 bits per heavy atom. The van der Waals surface area contributed by atoms with Gasteiger partial charge in [-0.2, -0.15) is 0 Å². The van der Waals surface area contributed by atoms with E-state index < -0.39 is 28.4 Å². The molecule has 178 valence electrons. The SMILES string of the molecule is CCOC(=O)c1ccc(NC(=O)CN(c2ccc(Oc3ccccc3)cc2)S(C)(=O)=O)c(C)c1. The normalized spacial score (nSPS) is 10.9. The van der Waals surface area contributed by atoms with Gasteiger partial charge in [-0.25, -0.2) is 13.2 Å². The maximum atomic E-state index is 12.7. The van der Waals surface area contributed by atoms with Gasteiger partial charge in [0.05, 0.1) is 24.1 Å². The Labute approximate surface area is 199 Å². The number of amides is 1. The smallest absolute Gasteiger partial charge is 0.338 e. The molecule has 0 saturated heterocycles. The summed E-state index contributed by atoms with van der Waals surface area (Å²) in [4.78, 5) is 24.6. The summed E-state index contributed by atoms with van der Waals surface area (Å²) in [6.45, 7) is 3.29. The van der Waals surface area contributed by atoms with E-state index in [0.717, 1.165) is 10.6 Å². The van der Waals surface area contributed by atoms with Crippen molar-refractivity contribution in [3.63, 3.8) is 0 Å². The summed E-state index contributed by atoms with van der Waals surface area (Å²) < 4.78 is 36.5. The topological polar surface area (TPSA) is 102 Å². The Hall–Kier alpha value is -3.85. The first-order valence-electron chi connectivity index (χ1n) is 10.6. The highest BCUT2D eigenvalue weighted by atomic mass is 32.2. The number of hydrogen-bond donors (Lipinski definition) is 1. The second-order valence-corrected chi connectivity index (χ2v) is 9.38. The van der Waals surface area contributed by atoms with Crippen LogP contribution in [-0.2, 0) is 19.6 Å². The van der Waals surface area contributed by atoms with Crippen molar-refractivity contribution in [2.45, 2.75) is 13.8 Å². The van der Waals surface area contributed by atoms with Crippen LogP contribution in [0, 0.1) is 6.92 Å². The van der Waals surface area contributed by atoms with Crippen LogP contribution < -0.4 is 14.4 Å². The molecule has 8 nitrogen and oxygen atoms in total. The molecule has 0 bridgehead atoms. The van der Waals surface area contributed by atoms with Gasteiger partial charge in [0.25, 0.3) is 0 Å². The number of carbonyl (C=O) groups excluding carboxylic acids is 2. The molecule has 0 heterocycles. The lowest BCUT2D eigenvalue weighted by atomic mass is 10.1. The number of ether oxygens (including phenoxy) is 2. The molecule has 0 aliphatic rings. The van der Waals surface area contributed by atoms with E-state index in [1.54, 1.807) is 56.3 Å². The summed E-state index contributed by atoms with van der Waals surface area (Å²) in [6, 6.07) is 20.3. The Bertz CT molecular complexity index is 1260. The van der Waals surface area contributed by atoms with Crippen molar-refractivity contribution >= 4 is 33.3 Å². The number of hydrogen-bond acceptors (Lipinski definition) is 6. The number of rotatable bonds is 9. The van der Waals surface area contributed by atoms with E-state index >= 15 is 0 Å². The Morgan fingerprint density at radius 1 is 0.941 bits per heavy atom. The molecule has 3 rings (SSSR count). The number of para-hydroxylation sites is 1. The van der Waals surface area contributed by atoms with Gasteiger partial charge in [0, 0.05) is 5.69 Å². The summed E-state index contributed by atoms with van der Waals surface area (Å²) in [6.07, 6.45) is 1.04. The van der Waals surface area contributed by atoms with E-state index in [-0.39, 0.29) is 6.61 Å². The minimum absolute atomic E-state index is 0.261. The molecular weight excluding hydrogens is 456 g/mol. The quantitative estimate of drug-likeness (QED) is 0.455. The van der Waals surface area contributed by atoms with Crippen LogP contribution in [0.3, 0.4) is 0 Å². The summed E-state index contributed by atoms with van der Waals surface area (Å²) in [5.41, 5.74) is 1.81. The Morgan fingerprint density at radius 3 is 2.18 bits per heavy atom. The average Bonchev–Trinajstić information content (AvgIpc) is 2.79. The standard InChI is InChI=1S/C25H26N2O6S/c1-4-32-25(29)19-10-15-23(18(2)16-19)26-24(28)17-27(34(3,30)31)20-11-13-22(14-12-20)33-21-8-6-5-7-9-21/h5-16H,4,17H2,1-3H3,(H,26,28).